The van der Waals surface area contributed by atoms with Gasteiger partial charge in [-0.25, -0.2) is 4.39 Å². The zero-order valence-corrected chi connectivity index (χ0v) is 19.8. The van der Waals surface area contributed by atoms with Gasteiger partial charge in [-0.3, -0.25) is 19.5 Å². The van der Waals surface area contributed by atoms with E-state index in [1.54, 1.807) is 18.3 Å². The van der Waals surface area contributed by atoms with Crippen LogP contribution in [0.3, 0.4) is 0 Å². The Bertz CT molecular complexity index is 974. The summed E-state index contributed by atoms with van der Waals surface area (Å²) in [5.74, 6) is -0.136. The number of amides is 1. The zero-order chi connectivity index (χ0) is 23.4. The van der Waals surface area contributed by atoms with Crippen LogP contribution in [0, 0.1) is 25.6 Å². The molecule has 0 bridgehead atoms. The first kappa shape index (κ1) is 24.1. The second kappa shape index (κ2) is 10.3. The molecule has 0 N–H and O–H groups in total. The Morgan fingerprint density at radius 3 is 2.53 bits per heavy atom. The molecule has 3 rings (SSSR count). The maximum atomic E-state index is 14.4. The van der Waals surface area contributed by atoms with Gasteiger partial charge in [0.05, 0.1) is 0 Å². The van der Waals surface area contributed by atoms with E-state index in [-0.39, 0.29) is 35.9 Å². The van der Waals surface area contributed by atoms with Crippen molar-refractivity contribution in [2.45, 2.75) is 60.0 Å². The van der Waals surface area contributed by atoms with Gasteiger partial charge >= 0.3 is 0 Å². The molecule has 2 aromatic rings. The Labute approximate surface area is 190 Å². The van der Waals surface area contributed by atoms with Crippen LogP contribution < -0.4 is 0 Å². The van der Waals surface area contributed by atoms with Crippen LogP contribution >= 0.6 is 0 Å². The van der Waals surface area contributed by atoms with Gasteiger partial charge in [0.1, 0.15) is 5.82 Å². The van der Waals surface area contributed by atoms with Crippen molar-refractivity contribution in [3.05, 3.63) is 64.2 Å². The van der Waals surface area contributed by atoms with E-state index >= 15 is 0 Å². The van der Waals surface area contributed by atoms with Gasteiger partial charge in [0, 0.05) is 62.0 Å². The summed E-state index contributed by atoms with van der Waals surface area (Å²) in [6.07, 6.45) is 2.57. The molecule has 1 aromatic carbocycles. The fourth-order valence-corrected chi connectivity index (χ4v) is 4.26. The number of aromatic nitrogens is 1. The van der Waals surface area contributed by atoms with Crippen molar-refractivity contribution < 1.29 is 14.0 Å². The largest absolute Gasteiger partial charge is 0.337 e. The number of benzene rings is 1. The highest BCUT2D eigenvalue weighted by Crippen LogP contribution is 2.22. The van der Waals surface area contributed by atoms with Gasteiger partial charge < -0.3 is 4.90 Å². The maximum Gasteiger partial charge on any atom is 0.225 e. The number of hydrogen-bond acceptors (Lipinski definition) is 4. The number of carbonyl (C=O) groups is 2. The molecule has 0 radical (unpaired) electrons. The summed E-state index contributed by atoms with van der Waals surface area (Å²) in [6.45, 7) is 12.7. The number of halogens is 1. The Morgan fingerprint density at radius 1 is 1.19 bits per heavy atom. The van der Waals surface area contributed by atoms with Crippen molar-refractivity contribution in [2.75, 3.05) is 19.6 Å². The number of pyridine rings is 1. The van der Waals surface area contributed by atoms with Crippen molar-refractivity contribution in [2.24, 2.45) is 5.92 Å². The van der Waals surface area contributed by atoms with Crippen LogP contribution in [0.1, 0.15) is 59.9 Å². The summed E-state index contributed by atoms with van der Waals surface area (Å²) in [7, 11) is 0. The summed E-state index contributed by atoms with van der Waals surface area (Å²) in [5.41, 5.74) is 3.95. The molecule has 32 heavy (non-hydrogen) atoms. The molecule has 0 spiro atoms. The fraction of sp³-hybridized carbons (Fsp3) is 0.500. The third-order valence-corrected chi connectivity index (χ3v) is 6.59. The molecule has 1 aliphatic rings. The van der Waals surface area contributed by atoms with Crippen molar-refractivity contribution >= 4 is 11.7 Å². The van der Waals surface area contributed by atoms with E-state index in [0.29, 0.717) is 24.2 Å². The Kier molecular flexibility index (Phi) is 7.77. The predicted molar refractivity (Wildman–Crippen MR) is 124 cm³/mol. The first-order valence-electron chi connectivity index (χ1n) is 11.5. The molecule has 0 aliphatic carbocycles. The van der Waals surface area contributed by atoms with E-state index in [2.05, 4.69) is 16.8 Å². The summed E-state index contributed by atoms with van der Waals surface area (Å²) in [4.78, 5) is 33.7. The van der Waals surface area contributed by atoms with Crippen molar-refractivity contribution in [3.63, 3.8) is 0 Å². The second-order valence-corrected chi connectivity index (χ2v) is 9.06. The molecule has 1 aromatic heterocycles. The first-order chi connectivity index (χ1) is 15.2. The highest BCUT2D eigenvalue weighted by atomic mass is 19.1. The number of rotatable bonds is 7. The highest BCUT2D eigenvalue weighted by molar-refractivity contribution is 5.97. The van der Waals surface area contributed by atoms with Crippen LogP contribution in [0.15, 0.2) is 30.5 Å². The van der Waals surface area contributed by atoms with Gasteiger partial charge in [-0.2, -0.15) is 0 Å². The van der Waals surface area contributed by atoms with Crippen LogP contribution in [0.4, 0.5) is 4.39 Å². The third-order valence-electron chi connectivity index (χ3n) is 6.59. The van der Waals surface area contributed by atoms with Gasteiger partial charge in [-0.05, 0) is 68.1 Å². The second-order valence-electron chi connectivity index (χ2n) is 9.06. The molecule has 2 atom stereocenters. The molecule has 0 saturated carbocycles. The van der Waals surface area contributed by atoms with E-state index in [1.807, 2.05) is 38.7 Å². The molecule has 6 heteroatoms. The van der Waals surface area contributed by atoms with E-state index in [4.69, 9.17) is 0 Å². The lowest BCUT2D eigenvalue weighted by molar-refractivity contribution is -0.139. The molecular weight excluding hydrogens is 405 g/mol. The average molecular weight is 440 g/mol. The molecular formula is C26H34FN3O2. The summed E-state index contributed by atoms with van der Waals surface area (Å²) >= 11 is 0. The van der Waals surface area contributed by atoms with Gasteiger partial charge in [0.15, 0.2) is 5.78 Å². The predicted octanol–water partition coefficient (Wildman–Crippen LogP) is 4.34. The minimum atomic E-state index is -0.325. The van der Waals surface area contributed by atoms with Crippen LogP contribution in [-0.4, -0.2) is 52.2 Å². The SMILES string of the molecule is CCC(C)C(=O)N1CCN(Cc2cc(F)cc(CC(=O)c3ccc(C)nc3)c2C)C[C@@H]1C. The lowest BCUT2D eigenvalue weighted by Crippen LogP contribution is -2.54. The number of ketones is 1. The molecule has 1 aliphatic heterocycles. The minimum Gasteiger partial charge on any atom is -0.337 e. The number of Topliss-reactive ketones (excluding diaryl/α,β-unsaturated/α-hetero) is 1. The highest BCUT2D eigenvalue weighted by Gasteiger charge is 2.29. The van der Waals surface area contributed by atoms with E-state index in [0.717, 1.165) is 36.3 Å². The Hall–Kier alpha value is -2.60. The van der Waals surface area contributed by atoms with Crippen LogP contribution in [0.2, 0.25) is 0 Å². The van der Waals surface area contributed by atoms with Crippen LogP contribution in [0.5, 0.6) is 0 Å². The van der Waals surface area contributed by atoms with Gasteiger partial charge in [0.25, 0.3) is 0 Å². The zero-order valence-electron chi connectivity index (χ0n) is 19.8. The summed E-state index contributed by atoms with van der Waals surface area (Å²) in [5, 5.41) is 0. The van der Waals surface area contributed by atoms with E-state index in [9.17, 15) is 14.0 Å². The monoisotopic (exact) mass is 439 g/mol. The average Bonchev–Trinajstić information content (AvgIpc) is 2.76. The number of aryl methyl sites for hydroxylation is 1. The molecule has 2 heterocycles. The van der Waals surface area contributed by atoms with Gasteiger partial charge in [-0.1, -0.05) is 13.8 Å². The number of carbonyl (C=O) groups excluding carboxylic acids is 2. The maximum absolute atomic E-state index is 14.4. The molecule has 1 saturated heterocycles. The Morgan fingerprint density at radius 2 is 1.91 bits per heavy atom. The van der Waals surface area contributed by atoms with E-state index in [1.165, 1.54) is 6.07 Å². The van der Waals surface area contributed by atoms with E-state index < -0.39 is 0 Å². The quantitative estimate of drug-likeness (QED) is 0.602. The summed E-state index contributed by atoms with van der Waals surface area (Å²) < 4.78 is 14.4. The van der Waals surface area contributed by atoms with Gasteiger partial charge in [0.2, 0.25) is 5.91 Å². The number of nitrogens with zero attached hydrogens (tertiary/aromatic N) is 3. The normalized spacial score (nSPS) is 17.9. The third kappa shape index (κ3) is 5.60. The number of piperazine rings is 1. The van der Waals surface area contributed by atoms with Crippen molar-refractivity contribution in [1.29, 1.82) is 0 Å². The lowest BCUT2D eigenvalue weighted by atomic mass is 9.95. The molecule has 1 unspecified atom stereocenters. The Balaban J connectivity index is 1.70. The smallest absolute Gasteiger partial charge is 0.225 e. The minimum absolute atomic E-state index is 0.0401. The first-order valence-corrected chi connectivity index (χ1v) is 11.5. The summed E-state index contributed by atoms with van der Waals surface area (Å²) in [6, 6.07) is 6.72. The molecule has 5 nitrogen and oxygen atoms in total. The van der Waals surface area contributed by atoms with Crippen molar-refractivity contribution in [3.8, 4) is 0 Å². The number of hydrogen-bond donors (Lipinski definition) is 0. The van der Waals surface area contributed by atoms with Crippen molar-refractivity contribution in [1.82, 2.24) is 14.8 Å². The van der Waals surface area contributed by atoms with Crippen LogP contribution in [-0.2, 0) is 17.8 Å². The molecule has 1 fully saturated rings. The molecule has 1 amide bonds. The standard InChI is InChI=1S/C26H34FN3O2/c1-6-17(2)26(32)30-10-9-29(15-19(30)4)16-23-12-24(27)11-22(20(23)5)13-25(31)21-8-7-18(3)28-14-21/h7-8,11-12,14,17,19H,6,9-10,13,15-16H2,1-5H3/t17?,19-/m0/s1. The van der Waals surface area contributed by atoms with Crippen LogP contribution in [0.25, 0.3) is 0 Å². The molecule has 172 valence electrons. The van der Waals surface area contributed by atoms with Gasteiger partial charge in [-0.15, -0.1) is 0 Å². The topological polar surface area (TPSA) is 53.5 Å². The lowest BCUT2D eigenvalue weighted by Gasteiger charge is -2.41. The fourth-order valence-electron chi connectivity index (χ4n) is 4.26.